The van der Waals surface area contributed by atoms with Crippen molar-refractivity contribution in [2.75, 3.05) is 0 Å². The average Bonchev–Trinajstić information content (AvgIpc) is 2.89. The normalized spacial score (nSPS) is 9.94. The van der Waals surface area contributed by atoms with Crippen LogP contribution in [0, 0.1) is 0 Å². The highest BCUT2D eigenvalue weighted by Crippen LogP contribution is 2.09. The van der Waals surface area contributed by atoms with Crippen LogP contribution in [0.25, 0.3) is 10.4 Å². The van der Waals surface area contributed by atoms with Gasteiger partial charge in [0.05, 0.1) is 10.7 Å². The van der Waals surface area contributed by atoms with E-state index in [-0.39, 0.29) is 12.2 Å². The number of rotatable bonds is 3. The Morgan fingerprint density at radius 1 is 1.71 bits per heavy atom. The molecule has 0 N–H and O–H groups in total. The molecule has 17 heavy (non-hydrogen) atoms. The van der Waals surface area contributed by atoms with E-state index in [0.717, 1.165) is 10.7 Å². The lowest BCUT2D eigenvalue weighted by Crippen LogP contribution is -2.01. The lowest BCUT2D eigenvalue weighted by molar-refractivity contribution is 0.0995. The van der Waals surface area contributed by atoms with Gasteiger partial charge in [-0.25, -0.2) is 4.98 Å². The highest BCUT2D eigenvalue weighted by molar-refractivity contribution is 9.10. The zero-order valence-corrected chi connectivity index (χ0v) is 9.90. The van der Waals surface area contributed by atoms with Gasteiger partial charge in [-0.3, -0.25) is 9.48 Å². The summed E-state index contributed by atoms with van der Waals surface area (Å²) in [5, 5.41) is 6.91. The fourth-order valence-electron chi connectivity index (χ4n) is 1.14. The molecule has 0 aliphatic rings. The first-order valence-corrected chi connectivity index (χ1v) is 5.20. The van der Waals surface area contributed by atoms with Crippen LogP contribution in [0.3, 0.4) is 0 Å². The van der Waals surface area contributed by atoms with Crippen LogP contribution in [-0.4, -0.2) is 20.7 Å². The largest absolute Gasteiger partial charge is 0.446 e. The first kappa shape index (κ1) is 11.4. The van der Waals surface area contributed by atoms with E-state index in [0.29, 0.717) is 5.89 Å². The number of aromatic nitrogens is 3. The van der Waals surface area contributed by atoms with Gasteiger partial charge in [0.15, 0.2) is 5.69 Å². The van der Waals surface area contributed by atoms with Crippen molar-refractivity contribution in [1.29, 1.82) is 0 Å². The Labute approximate surface area is 103 Å². The van der Waals surface area contributed by atoms with Gasteiger partial charge in [-0.2, -0.15) is 5.10 Å². The van der Waals surface area contributed by atoms with Gasteiger partial charge in [0.2, 0.25) is 5.89 Å². The Kier molecular flexibility index (Phi) is 3.22. The first-order chi connectivity index (χ1) is 8.19. The second-order valence-corrected chi connectivity index (χ2v) is 3.89. The third-order valence-corrected chi connectivity index (χ3v) is 2.21. The van der Waals surface area contributed by atoms with Crippen molar-refractivity contribution in [3.63, 3.8) is 0 Å². The van der Waals surface area contributed by atoms with Gasteiger partial charge in [-0.15, -0.1) is 0 Å². The van der Waals surface area contributed by atoms with Crippen molar-refractivity contribution >= 4 is 21.8 Å². The van der Waals surface area contributed by atoms with Gasteiger partial charge in [0.25, 0.3) is 5.91 Å². The van der Waals surface area contributed by atoms with Crippen LogP contribution in [0.4, 0.5) is 0 Å². The fourth-order valence-corrected chi connectivity index (χ4v) is 1.46. The summed E-state index contributed by atoms with van der Waals surface area (Å²) in [5.74, 6) is -0.471. The molecule has 0 fully saturated rings. The SMILES string of the molecule is [N-]=[N+]=NC(=O)c1coc(Cn2cc(Br)cn2)n1. The van der Waals surface area contributed by atoms with E-state index < -0.39 is 5.91 Å². The second-order valence-electron chi connectivity index (χ2n) is 2.98. The van der Waals surface area contributed by atoms with E-state index in [1.54, 1.807) is 17.1 Å². The molecule has 86 valence electrons. The second kappa shape index (κ2) is 4.81. The van der Waals surface area contributed by atoms with Crippen molar-refractivity contribution in [2.24, 2.45) is 5.11 Å². The number of amides is 1. The Balaban J connectivity index is 2.13. The van der Waals surface area contributed by atoms with Crippen LogP contribution in [0.5, 0.6) is 0 Å². The van der Waals surface area contributed by atoms with Gasteiger partial charge in [-0.1, -0.05) is 0 Å². The van der Waals surface area contributed by atoms with E-state index in [9.17, 15) is 4.79 Å². The maximum atomic E-state index is 11.1. The number of hydrogen-bond acceptors (Lipinski definition) is 4. The minimum Gasteiger partial charge on any atom is -0.446 e. The fraction of sp³-hybridized carbons (Fsp3) is 0.125. The summed E-state index contributed by atoms with van der Waals surface area (Å²) >= 11 is 3.25. The number of halogens is 1. The molecule has 0 radical (unpaired) electrons. The smallest absolute Gasteiger partial charge is 0.270 e. The number of oxazole rings is 1. The molecule has 2 rings (SSSR count). The van der Waals surface area contributed by atoms with E-state index in [2.05, 4.69) is 36.0 Å². The number of nitrogens with zero attached hydrogens (tertiary/aromatic N) is 6. The minimum atomic E-state index is -0.774. The molecular weight excluding hydrogens is 292 g/mol. The quantitative estimate of drug-likeness (QED) is 0.491. The molecule has 1 amide bonds. The predicted octanol–water partition coefficient (Wildman–Crippen LogP) is 2.13. The van der Waals surface area contributed by atoms with E-state index in [4.69, 9.17) is 9.95 Å². The van der Waals surface area contributed by atoms with Crippen LogP contribution in [0.15, 0.2) is 32.7 Å². The van der Waals surface area contributed by atoms with Crippen LogP contribution < -0.4 is 0 Å². The van der Waals surface area contributed by atoms with E-state index in [1.165, 1.54) is 0 Å². The number of azide groups is 1. The molecule has 9 heteroatoms. The molecule has 2 aromatic heterocycles. The Bertz CT molecular complexity index is 597. The molecule has 0 aliphatic carbocycles. The summed E-state index contributed by atoms with van der Waals surface area (Å²) in [6.07, 6.45) is 4.50. The molecule has 8 nitrogen and oxygen atoms in total. The van der Waals surface area contributed by atoms with Crippen LogP contribution in [0.1, 0.15) is 16.4 Å². The van der Waals surface area contributed by atoms with Crippen LogP contribution >= 0.6 is 15.9 Å². The number of hydrogen-bond donors (Lipinski definition) is 0. The van der Waals surface area contributed by atoms with Crippen molar-refractivity contribution in [3.8, 4) is 0 Å². The summed E-state index contributed by atoms with van der Waals surface area (Å²) in [6, 6.07) is 0. The molecule has 0 saturated carbocycles. The molecular formula is C8H5BrN6O2. The summed E-state index contributed by atoms with van der Waals surface area (Å²) in [7, 11) is 0. The van der Waals surface area contributed by atoms with Crippen LogP contribution in [0.2, 0.25) is 0 Å². The highest BCUT2D eigenvalue weighted by Gasteiger charge is 2.11. The molecule has 0 aliphatic heterocycles. The molecule has 0 atom stereocenters. The molecule has 0 unspecified atom stereocenters. The number of carbonyl (C=O) groups is 1. The molecule has 0 saturated heterocycles. The third-order valence-electron chi connectivity index (χ3n) is 1.81. The Morgan fingerprint density at radius 2 is 2.53 bits per heavy atom. The summed E-state index contributed by atoms with van der Waals surface area (Å²) in [5.41, 5.74) is 8.08. The minimum absolute atomic E-state index is 0.0241. The lowest BCUT2D eigenvalue weighted by Gasteiger charge is -1.94. The topological polar surface area (TPSA) is 110 Å². The summed E-state index contributed by atoms with van der Waals surface area (Å²) in [6.45, 7) is 0.287. The molecule has 0 aromatic carbocycles. The maximum Gasteiger partial charge on any atom is 0.270 e. The lowest BCUT2D eigenvalue weighted by atomic mass is 10.5. The highest BCUT2D eigenvalue weighted by atomic mass is 79.9. The first-order valence-electron chi connectivity index (χ1n) is 4.41. The van der Waals surface area contributed by atoms with Gasteiger partial charge in [0.1, 0.15) is 12.8 Å². The van der Waals surface area contributed by atoms with Gasteiger partial charge in [-0.05, 0) is 26.6 Å². The maximum absolute atomic E-state index is 11.1. The zero-order valence-electron chi connectivity index (χ0n) is 8.32. The van der Waals surface area contributed by atoms with Crippen molar-refractivity contribution in [1.82, 2.24) is 14.8 Å². The van der Waals surface area contributed by atoms with Gasteiger partial charge < -0.3 is 4.42 Å². The van der Waals surface area contributed by atoms with Crippen molar-refractivity contribution < 1.29 is 9.21 Å². The van der Waals surface area contributed by atoms with E-state index in [1.807, 2.05) is 0 Å². The van der Waals surface area contributed by atoms with Gasteiger partial charge >= 0.3 is 0 Å². The van der Waals surface area contributed by atoms with Crippen molar-refractivity contribution in [3.05, 3.63) is 45.2 Å². The molecule has 2 heterocycles. The third kappa shape index (κ3) is 2.71. The van der Waals surface area contributed by atoms with E-state index >= 15 is 0 Å². The Morgan fingerprint density at radius 3 is 3.18 bits per heavy atom. The molecule has 0 bridgehead atoms. The standard InChI is InChI=1S/C8H5BrN6O2/c9-5-1-11-15(2-5)3-7-12-6(4-17-7)8(16)13-14-10/h1-2,4H,3H2. The van der Waals surface area contributed by atoms with Crippen molar-refractivity contribution in [2.45, 2.75) is 6.54 Å². The summed E-state index contributed by atoms with van der Waals surface area (Å²) in [4.78, 5) is 17.4. The van der Waals surface area contributed by atoms with Gasteiger partial charge in [0, 0.05) is 11.1 Å². The molecule has 0 spiro atoms. The van der Waals surface area contributed by atoms with Crippen LogP contribution in [-0.2, 0) is 6.54 Å². The summed E-state index contributed by atoms with van der Waals surface area (Å²) < 4.78 is 7.46. The zero-order chi connectivity index (χ0) is 12.3. The predicted molar refractivity (Wildman–Crippen MR) is 59.0 cm³/mol. The average molecular weight is 297 g/mol. The monoisotopic (exact) mass is 296 g/mol. The number of carbonyl (C=O) groups excluding carboxylic acids is 1. The Hall–Kier alpha value is -2.12. The molecule has 2 aromatic rings.